The minimum Gasteiger partial charge on any atom is -0.379 e. The Morgan fingerprint density at radius 2 is 1.75 bits per heavy atom. The number of aryl methyl sites for hydroxylation is 1. The first-order chi connectivity index (χ1) is 9.62. The van der Waals surface area contributed by atoms with E-state index in [0.29, 0.717) is 5.41 Å². The molecule has 112 valence electrons. The van der Waals surface area contributed by atoms with Crippen molar-refractivity contribution in [3.05, 3.63) is 35.4 Å². The summed E-state index contributed by atoms with van der Waals surface area (Å²) in [5.41, 5.74) is 3.22. The van der Waals surface area contributed by atoms with Crippen LogP contribution in [0, 0.1) is 0 Å². The second kappa shape index (κ2) is 7.24. The van der Waals surface area contributed by atoms with Crippen molar-refractivity contribution < 1.29 is 4.74 Å². The number of hydrogen-bond acceptors (Lipinski definition) is 2. The van der Waals surface area contributed by atoms with E-state index in [9.17, 15) is 0 Å². The van der Waals surface area contributed by atoms with Crippen molar-refractivity contribution in [2.24, 2.45) is 0 Å². The molecule has 1 heterocycles. The van der Waals surface area contributed by atoms with E-state index >= 15 is 0 Å². The largest absolute Gasteiger partial charge is 0.379 e. The van der Waals surface area contributed by atoms with E-state index in [2.05, 4.69) is 49.9 Å². The smallest absolute Gasteiger partial charge is 0.0594 e. The SMILES string of the molecule is CCC(C)(C)c1ccc(CCCN2CCOCC2)cc1. The molecule has 0 aliphatic carbocycles. The van der Waals surface area contributed by atoms with Crippen molar-refractivity contribution in [2.45, 2.75) is 45.4 Å². The molecule has 1 aliphatic rings. The van der Waals surface area contributed by atoms with Crippen LogP contribution in [0.4, 0.5) is 0 Å². The zero-order valence-corrected chi connectivity index (χ0v) is 13.3. The summed E-state index contributed by atoms with van der Waals surface area (Å²) >= 11 is 0. The van der Waals surface area contributed by atoms with Crippen molar-refractivity contribution >= 4 is 0 Å². The predicted octanol–water partition coefficient (Wildman–Crippen LogP) is 3.64. The van der Waals surface area contributed by atoms with E-state index in [1.165, 1.54) is 36.9 Å². The van der Waals surface area contributed by atoms with Crippen LogP contribution in [-0.4, -0.2) is 37.7 Å². The van der Waals surface area contributed by atoms with Crippen LogP contribution in [-0.2, 0) is 16.6 Å². The van der Waals surface area contributed by atoms with Crippen molar-refractivity contribution in [1.29, 1.82) is 0 Å². The number of ether oxygens (including phenoxy) is 1. The van der Waals surface area contributed by atoms with E-state index in [1.807, 2.05) is 0 Å². The highest BCUT2D eigenvalue weighted by Gasteiger charge is 2.17. The third-order valence-corrected chi connectivity index (χ3v) is 4.66. The third-order valence-electron chi connectivity index (χ3n) is 4.66. The van der Waals surface area contributed by atoms with Crippen LogP contribution < -0.4 is 0 Å². The fourth-order valence-electron chi connectivity index (χ4n) is 2.66. The van der Waals surface area contributed by atoms with Crippen LogP contribution in [0.5, 0.6) is 0 Å². The lowest BCUT2D eigenvalue weighted by atomic mass is 9.82. The van der Waals surface area contributed by atoms with Gasteiger partial charge in [0.15, 0.2) is 0 Å². The zero-order chi connectivity index (χ0) is 14.4. The number of nitrogens with zero attached hydrogens (tertiary/aromatic N) is 1. The minimum absolute atomic E-state index is 0.298. The van der Waals surface area contributed by atoms with Gasteiger partial charge in [0.25, 0.3) is 0 Å². The Hall–Kier alpha value is -0.860. The van der Waals surface area contributed by atoms with Gasteiger partial charge in [0.05, 0.1) is 13.2 Å². The highest BCUT2D eigenvalue weighted by Crippen LogP contribution is 2.26. The first kappa shape index (κ1) is 15.5. The van der Waals surface area contributed by atoms with E-state index in [0.717, 1.165) is 26.3 Å². The van der Waals surface area contributed by atoms with Gasteiger partial charge in [0, 0.05) is 13.1 Å². The lowest BCUT2D eigenvalue weighted by molar-refractivity contribution is 0.0375. The molecule has 0 aromatic heterocycles. The average molecular weight is 275 g/mol. The van der Waals surface area contributed by atoms with Crippen molar-refractivity contribution in [2.75, 3.05) is 32.8 Å². The third kappa shape index (κ3) is 4.32. The molecular formula is C18H29NO. The topological polar surface area (TPSA) is 12.5 Å². The molecule has 0 atom stereocenters. The standard InChI is InChI=1S/C18H29NO/c1-4-18(2,3)17-9-7-16(8-10-17)6-5-11-19-12-14-20-15-13-19/h7-10H,4-6,11-15H2,1-3H3. The van der Waals surface area contributed by atoms with Gasteiger partial charge >= 0.3 is 0 Å². The molecule has 1 aromatic carbocycles. The summed E-state index contributed by atoms with van der Waals surface area (Å²) in [4.78, 5) is 2.51. The Balaban J connectivity index is 1.79. The van der Waals surface area contributed by atoms with Gasteiger partial charge in [0.1, 0.15) is 0 Å². The Morgan fingerprint density at radius 3 is 2.35 bits per heavy atom. The van der Waals surface area contributed by atoms with Gasteiger partial charge in [-0.1, -0.05) is 45.0 Å². The van der Waals surface area contributed by atoms with E-state index in [4.69, 9.17) is 4.74 Å². The van der Waals surface area contributed by atoms with Gasteiger partial charge in [0.2, 0.25) is 0 Å². The molecule has 1 aromatic rings. The van der Waals surface area contributed by atoms with E-state index < -0.39 is 0 Å². The summed E-state index contributed by atoms with van der Waals surface area (Å²) in [6.45, 7) is 12.1. The van der Waals surface area contributed by atoms with Crippen LogP contribution in [0.15, 0.2) is 24.3 Å². The summed E-state index contributed by atoms with van der Waals surface area (Å²) in [5, 5.41) is 0. The van der Waals surface area contributed by atoms with E-state index in [-0.39, 0.29) is 0 Å². The average Bonchev–Trinajstić information content (AvgIpc) is 2.49. The quantitative estimate of drug-likeness (QED) is 0.786. The Kier molecular flexibility index (Phi) is 5.62. The molecule has 2 rings (SSSR count). The summed E-state index contributed by atoms with van der Waals surface area (Å²) in [6, 6.07) is 9.25. The number of hydrogen-bond donors (Lipinski definition) is 0. The molecule has 0 saturated carbocycles. The van der Waals surface area contributed by atoms with Gasteiger partial charge in [-0.2, -0.15) is 0 Å². The molecule has 0 amide bonds. The summed E-state index contributed by atoms with van der Waals surface area (Å²) in [5.74, 6) is 0. The second-order valence-electron chi connectivity index (χ2n) is 6.49. The fraction of sp³-hybridized carbons (Fsp3) is 0.667. The first-order valence-electron chi connectivity index (χ1n) is 8.01. The summed E-state index contributed by atoms with van der Waals surface area (Å²) in [6.07, 6.45) is 3.62. The minimum atomic E-state index is 0.298. The molecule has 2 heteroatoms. The normalized spacial score (nSPS) is 17.4. The predicted molar refractivity (Wildman–Crippen MR) is 85.3 cm³/mol. The van der Waals surface area contributed by atoms with Crippen molar-refractivity contribution in [1.82, 2.24) is 4.90 Å². The second-order valence-corrected chi connectivity index (χ2v) is 6.49. The van der Waals surface area contributed by atoms with Gasteiger partial charge in [-0.25, -0.2) is 0 Å². The molecule has 0 unspecified atom stereocenters. The Labute approximate surface area is 124 Å². The molecule has 0 N–H and O–H groups in total. The Bertz CT molecular complexity index is 390. The van der Waals surface area contributed by atoms with Crippen LogP contribution in [0.1, 0.15) is 44.7 Å². The molecule has 2 nitrogen and oxygen atoms in total. The highest BCUT2D eigenvalue weighted by molar-refractivity contribution is 5.28. The van der Waals surface area contributed by atoms with Crippen LogP contribution in [0.2, 0.25) is 0 Å². The van der Waals surface area contributed by atoms with Gasteiger partial charge in [-0.15, -0.1) is 0 Å². The monoisotopic (exact) mass is 275 g/mol. The molecule has 0 radical (unpaired) electrons. The maximum Gasteiger partial charge on any atom is 0.0594 e. The Morgan fingerprint density at radius 1 is 1.10 bits per heavy atom. The van der Waals surface area contributed by atoms with Crippen LogP contribution >= 0.6 is 0 Å². The number of rotatable bonds is 6. The zero-order valence-electron chi connectivity index (χ0n) is 13.3. The molecule has 1 aliphatic heterocycles. The molecular weight excluding hydrogens is 246 g/mol. The highest BCUT2D eigenvalue weighted by atomic mass is 16.5. The first-order valence-corrected chi connectivity index (χ1v) is 8.01. The summed E-state index contributed by atoms with van der Waals surface area (Å²) < 4.78 is 5.38. The van der Waals surface area contributed by atoms with Gasteiger partial charge in [-0.05, 0) is 42.3 Å². The summed E-state index contributed by atoms with van der Waals surface area (Å²) in [7, 11) is 0. The van der Waals surface area contributed by atoms with Gasteiger partial charge < -0.3 is 4.74 Å². The molecule has 1 fully saturated rings. The molecule has 20 heavy (non-hydrogen) atoms. The van der Waals surface area contributed by atoms with Crippen molar-refractivity contribution in [3.8, 4) is 0 Å². The van der Waals surface area contributed by atoms with E-state index in [1.54, 1.807) is 0 Å². The van der Waals surface area contributed by atoms with Crippen LogP contribution in [0.3, 0.4) is 0 Å². The fourth-order valence-corrected chi connectivity index (χ4v) is 2.66. The number of morpholine rings is 1. The molecule has 1 saturated heterocycles. The lowest BCUT2D eigenvalue weighted by Crippen LogP contribution is -2.36. The maximum atomic E-state index is 5.38. The van der Waals surface area contributed by atoms with Crippen molar-refractivity contribution in [3.63, 3.8) is 0 Å². The number of benzene rings is 1. The lowest BCUT2D eigenvalue weighted by Gasteiger charge is -2.26. The van der Waals surface area contributed by atoms with Gasteiger partial charge in [-0.3, -0.25) is 4.90 Å². The van der Waals surface area contributed by atoms with Crippen LogP contribution in [0.25, 0.3) is 0 Å². The molecule has 0 spiro atoms. The maximum absolute atomic E-state index is 5.38. The molecule has 0 bridgehead atoms.